The first-order chi connectivity index (χ1) is 8.53. The van der Waals surface area contributed by atoms with E-state index in [1.807, 2.05) is 20.9 Å². The molecule has 5 nitrogen and oxygen atoms in total. The van der Waals surface area contributed by atoms with Gasteiger partial charge in [-0.05, 0) is 32.9 Å². The van der Waals surface area contributed by atoms with Crippen LogP contribution in [0.15, 0.2) is 0 Å². The van der Waals surface area contributed by atoms with Crippen molar-refractivity contribution < 1.29 is 13.2 Å². The van der Waals surface area contributed by atoms with Crippen LogP contribution < -0.4 is 5.32 Å². The van der Waals surface area contributed by atoms with Crippen LogP contribution in [-0.2, 0) is 14.8 Å². The summed E-state index contributed by atoms with van der Waals surface area (Å²) in [7, 11) is 0.249. The summed E-state index contributed by atoms with van der Waals surface area (Å²) < 4.78 is 31.3. The Morgan fingerprint density at radius 3 is 2.33 bits per heavy atom. The minimum atomic E-state index is -3.18. The number of rotatable bonds is 11. The van der Waals surface area contributed by atoms with Crippen LogP contribution in [0.25, 0.3) is 0 Å². The molecule has 0 unspecified atom stereocenters. The van der Waals surface area contributed by atoms with Crippen molar-refractivity contribution in [3.8, 4) is 0 Å². The third-order valence-corrected chi connectivity index (χ3v) is 5.05. The Balaban J connectivity index is 4.69. The highest BCUT2D eigenvalue weighted by molar-refractivity contribution is 7.89. The van der Waals surface area contributed by atoms with Gasteiger partial charge in [-0.2, -0.15) is 4.31 Å². The largest absolute Gasteiger partial charge is 0.383 e. The number of nitrogens with zero attached hydrogens (tertiary/aromatic N) is 1. The molecule has 0 aliphatic rings. The van der Waals surface area contributed by atoms with Gasteiger partial charge in [-0.25, -0.2) is 8.42 Å². The van der Waals surface area contributed by atoms with Crippen molar-refractivity contribution in [1.82, 2.24) is 9.62 Å². The number of methoxy groups -OCH3 is 1. The zero-order chi connectivity index (χ0) is 14.0. The summed E-state index contributed by atoms with van der Waals surface area (Å²) >= 11 is 0. The van der Waals surface area contributed by atoms with E-state index in [1.165, 1.54) is 0 Å². The summed E-state index contributed by atoms with van der Waals surface area (Å²) in [5, 5.41) is 2.97. The van der Waals surface area contributed by atoms with Gasteiger partial charge in [0.05, 0.1) is 12.4 Å². The summed E-state index contributed by atoms with van der Waals surface area (Å²) in [6.07, 6.45) is 2.32. The highest BCUT2D eigenvalue weighted by Gasteiger charge is 2.27. The third kappa shape index (κ3) is 6.13. The van der Waals surface area contributed by atoms with E-state index in [0.717, 1.165) is 19.4 Å². The molecule has 110 valence electrons. The zero-order valence-electron chi connectivity index (χ0n) is 12.1. The summed E-state index contributed by atoms with van der Waals surface area (Å²) in [5.41, 5.74) is 0. The van der Waals surface area contributed by atoms with Gasteiger partial charge in [0.15, 0.2) is 0 Å². The van der Waals surface area contributed by atoms with Crippen LogP contribution in [0.5, 0.6) is 0 Å². The Morgan fingerprint density at radius 2 is 1.89 bits per heavy atom. The van der Waals surface area contributed by atoms with Crippen molar-refractivity contribution >= 4 is 10.0 Å². The lowest BCUT2D eigenvalue weighted by molar-refractivity contribution is 0.163. The predicted octanol–water partition coefficient (Wildman–Crippen LogP) is 1.06. The molecule has 0 fully saturated rings. The Bertz CT molecular complexity index is 290. The van der Waals surface area contributed by atoms with E-state index < -0.39 is 10.0 Å². The molecule has 0 aromatic carbocycles. The average molecular weight is 280 g/mol. The minimum Gasteiger partial charge on any atom is -0.383 e. The molecule has 18 heavy (non-hydrogen) atoms. The van der Waals surface area contributed by atoms with Crippen molar-refractivity contribution in [2.75, 3.05) is 39.6 Å². The number of nitrogens with one attached hydrogen (secondary N) is 1. The molecule has 0 aliphatic carbocycles. The molecule has 0 saturated carbocycles. The van der Waals surface area contributed by atoms with Gasteiger partial charge in [0.1, 0.15) is 0 Å². The molecule has 0 radical (unpaired) electrons. The fraction of sp³-hybridized carbons (Fsp3) is 1.00. The molecular formula is C12H28N2O3S. The van der Waals surface area contributed by atoms with E-state index in [2.05, 4.69) is 5.32 Å². The monoisotopic (exact) mass is 280 g/mol. The van der Waals surface area contributed by atoms with Gasteiger partial charge in [0.25, 0.3) is 0 Å². The molecule has 1 N–H and O–H groups in total. The lowest BCUT2D eigenvalue weighted by atomic mass is 10.2. The fourth-order valence-electron chi connectivity index (χ4n) is 1.97. The van der Waals surface area contributed by atoms with E-state index in [4.69, 9.17) is 4.74 Å². The van der Waals surface area contributed by atoms with Crippen LogP contribution in [0.4, 0.5) is 0 Å². The zero-order valence-corrected chi connectivity index (χ0v) is 12.9. The number of ether oxygens (including phenoxy) is 1. The second-order valence-corrected chi connectivity index (χ2v) is 6.39. The summed E-state index contributed by atoms with van der Waals surface area (Å²) in [6, 6.07) is 0.0831. The van der Waals surface area contributed by atoms with Crippen molar-refractivity contribution in [2.45, 2.75) is 39.2 Å². The van der Waals surface area contributed by atoms with E-state index in [1.54, 1.807) is 11.4 Å². The molecule has 0 aromatic rings. The molecule has 0 bridgehead atoms. The molecule has 0 spiro atoms. The van der Waals surface area contributed by atoms with Gasteiger partial charge in [-0.15, -0.1) is 0 Å². The maximum Gasteiger partial charge on any atom is 0.214 e. The van der Waals surface area contributed by atoms with Gasteiger partial charge >= 0.3 is 0 Å². The normalized spacial score (nSPS) is 12.6. The van der Waals surface area contributed by atoms with Gasteiger partial charge in [-0.3, -0.25) is 0 Å². The number of sulfonamides is 1. The Morgan fingerprint density at radius 1 is 1.28 bits per heavy atom. The molecule has 0 aliphatic heterocycles. The van der Waals surface area contributed by atoms with Gasteiger partial charge in [0, 0.05) is 19.7 Å². The Kier molecular flexibility index (Phi) is 9.63. The van der Waals surface area contributed by atoms with Crippen molar-refractivity contribution in [3.63, 3.8) is 0 Å². The summed E-state index contributed by atoms with van der Waals surface area (Å²) in [5.74, 6) is 0.202. The van der Waals surface area contributed by atoms with Crippen molar-refractivity contribution in [3.05, 3.63) is 0 Å². The van der Waals surface area contributed by atoms with Crippen LogP contribution in [0, 0.1) is 0 Å². The van der Waals surface area contributed by atoms with Gasteiger partial charge < -0.3 is 10.1 Å². The first kappa shape index (κ1) is 17.8. The topological polar surface area (TPSA) is 58.6 Å². The maximum atomic E-state index is 12.3. The van der Waals surface area contributed by atoms with E-state index >= 15 is 0 Å². The summed E-state index contributed by atoms with van der Waals surface area (Å²) in [4.78, 5) is 0. The van der Waals surface area contributed by atoms with E-state index in [-0.39, 0.29) is 11.8 Å². The summed E-state index contributed by atoms with van der Waals surface area (Å²) in [6.45, 7) is 5.67. The molecule has 6 heteroatoms. The quantitative estimate of drug-likeness (QED) is 0.575. The molecule has 0 saturated heterocycles. The SMILES string of the molecule is CCC(CC)N(CCOC)S(=O)(=O)CCCNC. The first-order valence-electron chi connectivity index (χ1n) is 6.66. The lowest BCUT2D eigenvalue weighted by Crippen LogP contribution is -2.43. The molecule has 0 rings (SSSR count). The van der Waals surface area contributed by atoms with Crippen LogP contribution in [-0.4, -0.2) is 58.4 Å². The second kappa shape index (κ2) is 9.72. The standard InChI is InChI=1S/C12H28N2O3S/c1-5-12(6-2)14(9-10-17-4)18(15,16)11-7-8-13-3/h12-13H,5-11H2,1-4H3. The van der Waals surface area contributed by atoms with Gasteiger partial charge in [-0.1, -0.05) is 13.8 Å². The lowest BCUT2D eigenvalue weighted by Gasteiger charge is -2.29. The third-order valence-electron chi connectivity index (χ3n) is 3.05. The maximum absolute atomic E-state index is 12.3. The highest BCUT2D eigenvalue weighted by atomic mass is 32.2. The van der Waals surface area contributed by atoms with Gasteiger partial charge in [0.2, 0.25) is 10.0 Å². The smallest absolute Gasteiger partial charge is 0.214 e. The van der Waals surface area contributed by atoms with Crippen molar-refractivity contribution in [1.29, 1.82) is 0 Å². The van der Waals surface area contributed by atoms with Crippen LogP contribution in [0.3, 0.4) is 0 Å². The Labute approximate surface area is 112 Å². The van der Waals surface area contributed by atoms with Crippen LogP contribution in [0.1, 0.15) is 33.1 Å². The fourth-order valence-corrected chi connectivity index (χ4v) is 3.82. The molecule has 0 aromatic heterocycles. The highest BCUT2D eigenvalue weighted by Crippen LogP contribution is 2.14. The van der Waals surface area contributed by atoms with Crippen LogP contribution in [0.2, 0.25) is 0 Å². The Hall–Kier alpha value is -0.170. The predicted molar refractivity (Wildman–Crippen MR) is 75.3 cm³/mol. The average Bonchev–Trinajstić information content (AvgIpc) is 2.34. The van der Waals surface area contributed by atoms with Crippen LogP contribution >= 0.6 is 0 Å². The van der Waals surface area contributed by atoms with Crippen molar-refractivity contribution in [2.24, 2.45) is 0 Å². The minimum absolute atomic E-state index is 0.0831. The number of hydrogen-bond acceptors (Lipinski definition) is 4. The molecule has 0 atom stereocenters. The first-order valence-corrected chi connectivity index (χ1v) is 8.27. The molecule has 0 amide bonds. The molecule has 0 heterocycles. The van der Waals surface area contributed by atoms with E-state index in [9.17, 15) is 8.42 Å². The number of hydrogen-bond donors (Lipinski definition) is 1. The second-order valence-electron chi connectivity index (χ2n) is 4.35. The van der Waals surface area contributed by atoms with E-state index in [0.29, 0.717) is 19.6 Å². The molecular weight excluding hydrogens is 252 g/mol.